The summed E-state index contributed by atoms with van der Waals surface area (Å²) in [5.74, 6) is 1.54. The Morgan fingerprint density at radius 1 is 1.16 bits per heavy atom. The number of carbonyl (C=O) groups is 2. The average Bonchev–Trinajstić information content (AvgIpc) is 2.92. The number of nitrogens with one attached hydrogen (secondary N) is 1. The Morgan fingerprint density at radius 2 is 1.96 bits per heavy atom. The molecule has 2 amide bonds. The highest BCUT2D eigenvalue weighted by molar-refractivity contribution is 5.78. The molecule has 1 saturated heterocycles. The van der Waals surface area contributed by atoms with Crippen molar-refractivity contribution in [3.63, 3.8) is 0 Å². The summed E-state index contributed by atoms with van der Waals surface area (Å²) in [6.45, 7) is 7.14. The summed E-state index contributed by atoms with van der Waals surface area (Å²) in [5, 5.41) is 3.03. The normalized spacial score (nSPS) is 18.6. The Balaban J connectivity index is 1.51. The zero-order chi connectivity index (χ0) is 17.8. The monoisotopic (exact) mass is 347 g/mol. The minimum Gasteiger partial charge on any atom is -0.454 e. The fourth-order valence-electron chi connectivity index (χ4n) is 3.20. The number of carbonyl (C=O) groups excluding carboxylic acids is 2. The molecule has 1 aromatic carbocycles. The number of rotatable bonds is 4. The largest absolute Gasteiger partial charge is 0.454 e. The number of fused-ring (bicyclic) bond motifs is 1. The van der Waals surface area contributed by atoms with Gasteiger partial charge in [-0.15, -0.1) is 0 Å². The van der Waals surface area contributed by atoms with Gasteiger partial charge in [0.1, 0.15) is 0 Å². The van der Waals surface area contributed by atoms with Crippen molar-refractivity contribution in [2.75, 3.05) is 39.5 Å². The third-order valence-corrected chi connectivity index (χ3v) is 4.68. The number of benzene rings is 1. The molecule has 2 aliphatic rings. The molecule has 1 aromatic rings. The minimum absolute atomic E-state index is 0.0126. The van der Waals surface area contributed by atoms with Crippen molar-refractivity contribution < 1.29 is 19.1 Å². The van der Waals surface area contributed by atoms with Crippen molar-refractivity contribution in [2.24, 2.45) is 0 Å². The van der Waals surface area contributed by atoms with E-state index in [1.807, 2.05) is 30.0 Å². The van der Waals surface area contributed by atoms with Crippen molar-refractivity contribution in [1.82, 2.24) is 15.1 Å². The standard InChI is InChI=1S/C18H25N3O4/c1-13(15-4-5-16-17(10-15)25-12-24-16)19-18(23)11-20-6-3-7-21(9-8-20)14(2)22/h4-5,10,13H,3,6-9,11-12H2,1-2H3,(H,19,23)/t13-/m1/s1. The number of nitrogens with zero attached hydrogens (tertiary/aromatic N) is 2. The van der Waals surface area contributed by atoms with E-state index in [-0.39, 0.29) is 24.6 Å². The van der Waals surface area contributed by atoms with Gasteiger partial charge in [-0.25, -0.2) is 0 Å². The molecule has 1 atom stereocenters. The summed E-state index contributed by atoms with van der Waals surface area (Å²) in [6, 6.07) is 5.60. The van der Waals surface area contributed by atoms with Crippen molar-refractivity contribution >= 4 is 11.8 Å². The first-order chi connectivity index (χ1) is 12.0. The molecule has 0 aliphatic carbocycles. The second-order valence-electron chi connectivity index (χ2n) is 6.54. The molecule has 136 valence electrons. The zero-order valence-corrected chi connectivity index (χ0v) is 14.8. The summed E-state index contributed by atoms with van der Waals surface area (Å²) < 4.78 is 10.7. The van der Waals surface area contributed by atoms with E-state index in [1.165, 1.54) is 0 Å². The van der Waals surface area contributed by atoms with Crippen LogP contribution in [0, 0.1) is 0 Å². The number of hydrogen-bond acceptors (Lipinski definition) is 5. The lowest BCUT2D eigenvalue weighted by molar-refractivity contribution is -0.128. The van der Waals surface area contributed by atoms with Crippen LogP contribution in [0.4, 0.5) is 0 Å². The van der Waals surface area contributed by atoms with E-state index in [4.69, 9.17) is 9.47 Å². The molecule has 1 N–H and O–H groups in total. The molecule has 0 saturated carbocycles. The second-order valence-corrected chi connectivity index (χ2v) is 6.54. The van der Waals surface area contributed by atoms with E-state index in [2.05, 4.69) is 10.2 Å². The Kier molecular flexibility index (Phi) is 5.43. The minimum atomic E-state index is -0.109. The predicted molar refractivity (Wildman–Crippen MR) is 92.4 cm³/mol. The summed E-state index contributed by atoms with van der Waals surface area (Å²) in [4.78, 5) is 27.8. The quantitative estimate of drug-likeness (QED) is 0.885. The zero-order valence-electron chi connectivity index (χ0n) is 14.8. The van der Waals surface area contributed by atoms with Crippen molar-refractivity contribution in [1.29, 1.82) is 0 Å². The van der Waals surface area contributed by atoms with Crippen LogP contribution < -0.4 is 14.8 Å². The number of amides is 2. The van der Waals surface area contributed by atoms with Gasteiger partial charge in [0.05, 0.1) is 12.6 Å². The lowest BCUT2D eigenvalue weighted by Crippen LogP contribution is -2.40. The van der Waals surface area contributed by atoms with Crippen LogP contribution in [-0.2, 0) is 9.59 Å². The molecule has 2 heterocycles. The van der Waals surface area contributed by atoms with Gasteiger partial charge < -0.3 is 19.7 Å². The highest BCUT2D eigenvalue weighted by Gasteiger charge is 2.20. The Hall–Kier alpha value is -2.28. The van der Waals surface area contributed by atoms with Crippen LogP contribution in [0.1, 0.15) is 31.9 Å². The summed E-state index contributed by atoms with van der Waals surface area (Å²) in [7, 11) is 0. The number of hydrogen-bond donors (Lipinski definition) is 1. The van der Waals surface area contributed by atoms with E-state index < -0.39 is 0 Å². The van der Waals surface area contributed by atoms with Gasteiger partial charge in [0.25, 0.3) is 0 Å². The molecule has 7 heteroatoms. The van der Waals surface area contributed by atoms with E-state index in [0.29, 0.717) is 13.1 Å². The summed E-state index contributed by atoms with van der Waals surface area (Å²) in [5.41, 5.74) is 0.983. The summed E-state index contributed by atoms with van der Waals surface area (Å²) >= 11 is 0. The van der Waals surface area contributed by atoms with Crippen LogP contribution in [0.3, 0.4) is 0 Å². The van der Waals surface area contributed by atoms with Gasteiger partial charge in [0, 0.05) is 33.1 Å². The van der Waals surface area contributed by atoms with Gasteiger partial charge in [-0.2, -0.15) is 0 Å². The molecule has 0 radical (unpaired) electrons. The van der Waals surface area contributed by atoms with Gasteiger partial charge in [-0.1, -0.05) is 6.07 Å². The molecule has 2 aliphatic heterocycles. The van der Waals surface area contributed by atoms with Crippen LogP contribution in [0.25, 0.3) is 0 Å². The highest BCUT2D eigenvalue weighted by atomic mass is 16.7. The maximum Gasteiger partial charge on any atom is 0.234 e. The van der Waals surface area contributed by atoms with Gasteiger partial charge >= 0.3 is 0 Å². The van der Waals surface area contributed by atoms with E-state index in [1.54, 1.807) is 6.92 Å². The predicted octanol–water partition coefficient (Wildman–Crippen LogP) is 1.15. The molecule has 0 bridgehead atoms. The lowest BCUT2D eigenvalue weighted by Gasteiger charge is -2.22. The van der Waals surface area contributed by atoms with Crippen LogP contribution in [0.2, 0.25) is 0 Å². The Bertz CT molecular complexity index is 649. The van der Waals surface area contributed by atoms with Crippen molar-refractivity contribution in [2.45, 2.75) is 26.3 Å². The number of ether oxygens (including phenoxy) is 2. The van der Waals surface area contributed by atoms with Gasteiger partial charge in [-0.05, 0) is 31.0 Å². The van der Waals surface area contributed by atoms with Gasteiger partial charge in [-0.3, -0.25) is 14.5 Å². The topological polar surface area (TPSA) is 71.1 Å². The SMILES string of the molecule is CC(=O)N1CCCN(CC(=O)N[C@H](C)c2ccc3c(c2)OCO3)CC1. The van der Waals surface area contributed by atoms with Crippen LogP contribution in [0.5, 0.6) is 11.5 Å². The molecule has 3 rings (SSSR count). The fraction of sp³-hybridized carbons (Fsp3) is 0.556. The van der Waals surface area contributed by atoms with Crippen LogP contribution in [-0.4, -0.2) is 61.1 Å². The van der Waals surface area contributed by atoms with Gasteiger partial charge in [0.2, 0.25) is 18.6 Å². The molecule has 7 nitrogen and oxygen atoms in total. The smallest absolute Gasteiger partial charge is 0.234 e. The molecule has 0 spiro atoms. The van der Waals surface area contributed by atoms with E-state index in [9.17, 15) is 9.59 Å². The molecular formula is C18H25N3O4. The summed E-state index contributed by atoms with van der Waals surface area (Å²) in [6.07, 6.45) is 0.893. The third kappa shape index (κ3) is 4.42. The second kappa shape index (κ2) is 7.74. The van der Waals surface area contributed by atoms with Crippen LogP contribution in [0.15, 0.2) is 18.2 Å². The van der Waals surface area contributed by atoms with Crippen LogP contribution >= 0.6 is 0 Å². The van der Waals surface area contributed by atoms with Crippen molar-refractivity contribution in [3.05, 3.63) is 23.8 Å². The Labute approximate surface area is 147 Å². The highest BCUT2D eigenvalue weighted by Crippen LogP contribution is 2.34. The first kappa shape index (κ1) is 17.5. The molecule has 0 aromatic heterocycles. The fourth-order valence-corrected chi connectivity index (χ4v) is 3.20. The first-order valence-corrected chi connectivity index (χ1v) is 8.69. The molecule has 1 fully saturated rings. The third-order valence-electron chi connectivity index (χ3n) is 4.68. The average molecular weight is 347 g/mol. The molecular weight excluding hydrogens is 322 g/mol. The van der Waals surface area contributed by atoms with Gasteiger partial charge in [0.15, 0.2) is 11.5 Å². The Morgan fingerprint density at radius 3 is 2.76 bits per heavy atom. The maximum absolute atomic E-state index is 12.4. The van der Waals surface area contributed by atoms with E-state index >= 15 is 0 Å². The molecule has 0 unspecified atom stereocenters. The van der Waals surface area contributed by atoms with Crippen molar-refractivity contribution in [3.8, 4) is 11.5 Å². The lowest BCUT2D eigenvalue weighted by atomic mass is 10.1. The molecule has 25 heavy (non-hydrogen) atoms. The first-order valence-electron chi connectivity index (χ1n) is 8.69. The maximum atomic E-state index is 12.4. The van der Waals surface area contributed by atoms with E-state index in [0.717, 1.165) is 43.1 Å².